The van der Waals surface area contributed by atoms with Gasteiger partial charge >= 0.3 is 6.03 Å². The summed E-state index contributed by atoms with van der Waals surface area (Å²) in [7, 11) is 0. The van der Waals surface area contributed by atoms with Crippen molar-refractivity contribution in [3.05, 3.63) is 59.9 Å². The van der Waals surface area contributed by atoms with Crippen molar-refractivity contribution in [1.82, 2.24) is 30.1 Å². The molecule has 1 aromatic carbocycles. The number of nitrogens with zero attached hydrogens (tertiary/aromatic N) is 8. The van der Waals surface area contributed by atoms with Crippen molar-refractivity contribution in [2.75, 3.05) is 31.1 Å². The van der Waals surface area contributed by atoms with Crippen LogP contribution in [0.2, 0.25) is 0 Å². The first-order valence-corrected chi connectivity index (χ1v) is 10.4. The van der Waals surface area contributed by atoms with Gasteiger partial charge in [0.15, 0.2) is 0 Å². The second kappa shape index (κ2) is 8.47. The van der Waals surface area contributed by atoms with Gasteiger partial charge in [0.2, 0.25) is 5.95 Å². The smallest absolute Gasteiger partial charge is 0.337 e. The Morgan fingerprint density at radius 3 is 2.78 bits per heavy atom. The van der Waals surface area contributed by atoms with E-state index >= 15 is 0 Å². The van der Waals surface area contributed by atoms with Crippen LogP contribution in [0, 0.1) is 11.3 Å². The van der Waals surface area contributed by atoms with Crippen molar-refractivity contribution in [2.24, 2.45) is 5.10 Å². The fourth-order valence-corrected chi connectivity index (χ4v) is 3.98. The lowest BCUT2D eigenvalue weighted by Crippen LogP contribution is -2.52. The summed E-state index contributed by atoms with van der Waals surface area (Å²) in [6.07, 6.45) is 5.81. The van der Waals surface area contributed by atoms with Gasteiger partial charge in [-0.15, -0.1) is 0 Å². The molecule has 10 heteroatoms. The van der Waals surface area contributed by atoms with Crippen molar-refractivity contribution in [1.29, 1.82) is 5.26 Å². The Bertz CT molecular complexity index is 1180. The number of aromatic amines is 1. The molecule has 0 bridgehead atoms. The van der Waals surface area contributed by atoms with Crippen LogP contribution in [-0.2, 0) is 0 Å². The van der Waals surface area contributed by atoms with Crippen molar-refractivity contribution < 1.29 is 4.79 Å². The Morgan fingerprint density at radius 1 is 1.12 bits per heavy atom. The molecule has 2 aliphatic heterocycles. The van der Waals surface area contributed by atoms with Crippen molar-refractivity contribution in [3.63, 3.8) is 0 Å². The van der Waals surface area contributed by atoms with Gasteiger partial charge in [-0.1, -0.05) is 12.1 Å². The molecule has 0 spiro atoms. The van der Waals surface area contributed by atoms with Crippen LogP contribution in [0.25, 0.3) is 11.4 Å². The molecule has 1 fully saturated rings. The number of aromatic nitrogens is 4. The van der Waals surface area contributed by atoms with E-state index in [-0.39, 0.29) is 12.1 Å². The van der Waals surface area contributed by atoms with Crippen LogP contribution in [0.15, 0.2) is 53.9 Å². The number of hydrogen-bond acceptors (Lipinski definition) is 7. The minimum absolute atomic E-state index is 0.127. The molecule has 2 amide bonds. The van der Waals surface area contributed by atoms with E-state index in [9.17, 15) is 10.1 Å². The first-order chi connectivity index (χ1) is 15.7. The van der Waals surface area contributed by atoms with Crippen molar-refractivity contribution >= 4 is 18.2 Å². The molecule has 1 unspecified atom stereocenters. The fraction of sp³-hybridized carbons (Fsp3) is 0.273. The molecule has 0 saturated carbocycles. The van der Waals surface area contributed by atoms with Crippen LogP contribution in [-0.4, -0.2) is 68.5 Å². The molecular weight excluding hydrogens is 406 g/mol. The molecule has 0 aliphatic carbocycles. The predicted molar refractivity (Wildman–Crippen MR) is 118 cm³/mol. The van der Waals surface area contributed by atoms with Gasteiger partial charge < -0.3 is 9.80 Å². The summed E-state index contributed by atoms with van der Waals surface area (Å²) in [6.45, 7) is 2.36. The minimum atomic E-state index is -0.191. The van der Waals surface area contributed by atoms with Gasteiger partial charge in [-0.3, -0.25) is 5.10 Å². The Morgan fingerprint density at radius 2 is 2.00 bits per heavy atom. The highest BCUT2D eigenvalue weighted by Gasteiger charge is 2.33. The predicted octanol–water partition coefficient (Wildman–Crippen LogP) is 2.41. The van der Waals surface area contributed by atoms with Crippen molar-refractivity contribution in [2.45, 2.75) is 12.5 Å². The van der Waals surface area contributed by atoms with E-state index in [1.54, 1.807) is 29.6 Å². The molecule has 10 nitrogen and oxygen atoms in total. The number of benzene rings is 1. The molecule has 0 radical (unpaired) electrons. The van der Waals surface area contributed by atoms with E-state index in [1.165, 1.54) is 5.01 Å². The van der Waals surface area contributed by atoms with Gasteiger partial charge in [-0.2, -0.15) is 15.5 Å². The molecule has 160 valence electrons. The summed E-state index contributed by atoms with van der Waals surface area (Å²) in [5.74, 6) is 0.634. The maximum Gasteiger partial charge on any atom is 0.341 e. The normalized spacial score (nSPS) is 18.1. The van der Waals surface area contributed by atoms with Gasteiger partial charge in [0.1, 0.15) is 0 Å². The highest BCUT2D eigenvalue weighted by Crippen LogP contribution is 2.30. The van der Waals surface area contributed by atoms with Gasteiger partial charge in [0.25, 0.3) is 0 Å². The van der Waals surface area contributed by atoms with Gasteiger partial charge in [0, 0.05) is 51.2 Å². The highest BCUT2D eigenvalue weighted by atomic mass is 16.2. The molecule has 1 N–H and O–H groups in total. The zero-order valence-electron chi connectivity index (χ0n) is 17.3. The van der Waals surface area contributed by atoms with E-state index in [1.807, 2.05) is 30.3 Å². The molecule has 1 saturated heterocycles. The van der Waals surface area contributed by atoms with Crippen LogP contribution < -0.4 is 4.90 Å². The molecule has 1 atom stereocenters. The Labute approximate surface area is 184 Å². The lowest BCUT2D eigenvalue weighted by atomic mass is 10.0. The monoisotopic (exact) mass is 427 g/mol. The minimum Gasteiger partial charge on any atom is -0.337 e. The standard InChI is InChI=1S/C22H21N9O/c23-15-16-2-1-3-17(14-16)20-6-9-26-31(20)22(32)30-12-10-29(11-13-30)21-24-7-4-18(27-21)19-5-8-25-28-19/h1-5,7-9,14,20H,6,10-13H2,(H,25,28). The molecule has 4 heterocycles. The van der Waals surface area contributed by atoms with Gasteiger partial charge in [0.05, 0.1) is 29.1 Å². The number of H-pyrrole nitrogens is 1. The summed E-state index contributed by atoms with van der Waals surface area (Å²) in [6, 6.07) is 12.9. The van der Waals surface area contributed by atoms with E-state index in [4.69, 9.17) is 0 Å². The van der Waals surface area contributed by atoms with Crippen LogP contribution in [0.4, 0.5) is 10.7 Å². The highest BCUT2D eigenvalue weighted by molar-refractivity contribution is 5.78. The second-order valence-corrected chi connectivity index (χ2v) is 7.60. The maximum absolute atomic E-state index is 13.2. The summed E-state index contributed by atoms with van der Waals surface area (Å²) in [4.78, 5) is 26.1. The first kappa shape index (κ1) is 19.7. The number of hydrogen-bond donors (Lipinski definition) is 1. The Balaban J connectivity index is 1.25. The number of anilines is 1. The van der Waals surface area contributed by atoms with E-state index < -0.39 is 0 Å². The van der Waals surface area contributed by atoms with Crippen LogP contribution in [0.1, 0.15) is 23.6 Å². The van der Waals surface area contributed by atoms with E-state index in [2.05, 4.69) is 36.2 Å². The summed E-state index contributed by atoms with van der Waals surface area (Å²) in [5.41, 5.74) is 3.10. The number of piperazine rings is 1. The summed E-state index contributed by atoms with van der Waals surface area (Å²) >= 11 is 0. The maximum atomic E-state index is 13.2. The SMILES string of the molecule is N#Cc1cccc(C2CC=NN2C(=O)N2CCN(c3nccc(-c4ccn[nH]4)n3)CC2)c1. The lowest BCUT2D eigenvalue weighted by molar-refractivity contribution is 0.139. The van der Waals surface area contributed by atoms with Crippen LogP contribution in [0.5, 0.6) is 0 Å². The Hall–Kier alpha value is -4.26. The average molecular weight is 427 g/mol. The number of carbonyl (C=O) groups is 1. The molecule has 2 aliphatic rings. The number of carbonyl (C=O) groups excluding carboxylic acids is 1. The quantitative estimate of drug-likeness (QED) is 0.686. The topological polar surface area (TPSA) is 117 Å². The lowest BCUT2D eigenvalue weighted by Gasteiger charge is -2.37. The molecule has 2 aromatic heterocycles. The third-order valence-electron chi connectivity index (χ3n) is 5.68. The van der Waals surface area contributed by atoms with Gasteiger partial charge in [-0.05, 0) is 29.8 Å². The fourth-order valence-electron chi connectivity index (χ4n) is 3.98. The van der Waals surface area contributed by atoms with E-state index in [0.717, 1.165) is 17.0 Å². The molecule has 32 heavy (non-hydrogen) atoms. The molecule has 5 rings (SSSR count). The number of nitrogens with one attached hydrogen (secondary N) is 1. The number of urea groups is 1. The summed E-state index contributed by atoms with van der Waals surface area (Å²) in [5, 5.41) is 21.9. The zero-order valence-corrected chi connectivity index (χ0v) is 17.3. The third kappa shape index (κ3) is 3.76. The molecule has 3 aromatic rings. The van der Waals surface area contributed by atoms with Crippen LogP contribution in [0.3, 0.4) is 0 Å². The second-order valence-electron chi connectivity index (χ2n) is 7.60. The Kier molecular flexibility index (Phi) is 5.21. The first-order valence-electron chi connectivity index (χ1n) is 10.4. The van der Waals surface area contributed by atoms with Crippen molar-refractivity contribution in [3.8, 4) is 17.5 Å². The van der Waals surface area contributed by atoms with Gasteiger partial charge in [-0.25, -0.2) is 19.8 Å². The number of amides is 2. The van der Waals surface area contributed by atoms with Crippen LogP contribution >= 0.6 is 0 Å². The average Bonchev–Trinajstić information content (AvgIpc) is 3.57. The molecular formula is C22H21N9O. The third-order valence-corrected chi connectivity index (χ3v) is 5.68. The zero-order chi connectivity index (χ0) is 21.9. The summed E-state index contributed by atoms with van der Waals surface area (Å²) < 4.78 is 0. The largest absolute Gasteiger partial charge is 0.341 e. The number of hydrazone groups is 1. The van der Waals surface area contributed by atoms with E-state index in [0.29, 0.717) is 44.1 Å². The number of rotatable bonds is 3. The number of nitriles is 1.